The molecule has 0 radical (unpaired) electrons. The zero-order chi connectivity index (χ0) is 14.5. The van der Waals surface area contributed by atoms with Crippen LogP contribution < -0.4 is 0 Å². The maximum Gasteiger partial charge on any atom is 0.162 e. The molecule has 0 saturated carbocycles. The number of hydrogen-bond donors (Lipinski definition) is 0. The van der Waals surface area contributed by atoms with E-state index in [1.807, 2.05) is 14.0 Å². The average Bonchev–Trinajstić information content (AvgIpc) is 2.80. The van der Waals surface area contributed by atoms with Crippen molar-refractivity contribution >= 4 is 22.6 Å². The molecule has 7 heteroatoms. The van der Waals surface area contributed by atoms with E-state index in [1.165, 1.54) is 0 Å². The Kier molecular flexibility index (Phi) is 5.28. The molecule has 0 fully saturated rings. The molecule has 2 heterocycles. The van der Waals surface area contributed by atoms with E-state index < -0.39 is 0 Å². The number of nitrogens with zero attached hydrogens (tertiary/aromatic N) is 5. The Morgan fingerprint density at radius 3 is 2.85 bits per heavy atom. The summed E-state index contributed by atoms with van der Waals surface area (Å²) in [6.07, 6.45) is 1.69. The van der Waals surface area contributed by atoms with Gasteiger partial charge < -0.3 is 4.74 Å². The molecule has 2 aromatic heterocycles. The molecule has 0 N–H and O–H groups in total. The second-order valence-corrected chi connectivity index (χ2v) is 4.86. The predicted octanol–water partition coefficient (Wildman–Crippen LogP) is 1.88. The van der Waals surface area contributed by atoms with Gasteiger partial charge in [-0.15, -0.1) is 0 Å². The molecule has 0 spiro atoms. The van der Waals surface area contributed by atoms with Crippen molar-refractivity contribution in [1.29, 1.82) is 0 Å². The van der Waals surface area contributed by atoms with Crippen molar-refractivity contribution in [2.75, 3.05) is 26.3 Å². The van der Waals surface area contributed by atoms with Gasteiger partial charge in [-0.1, -0.05) is 18.5 Å². The lowest BCUT2D eigenvalue weighted by molar-refractivity contribution is 0.112. The maximum atomic E-state index is 6.18. The monoisotopic (exact) mass is 297 g/mol. The zero-order valence-corrected chi connectivity index (χ0v) is 12.9. The molecular formula is C13H20ClN5O. The lowest BCUT2D eigenvalue weighted by atomic mass is 10.4. The topological polar surface area (TPSA) is 56.1 Å². The molecule has 0 aliphatic carbocycles. The Balaban J connectivity index is 2.13. The summed E-state index contributed by atoms with van der Waals surface area (Å²) in [5, 5.41) is 5.40. The van der Waals surface area contributed by atoms with Crippen LogP contribution in [0.2, 0.25) is 5.15 Å². The van der Waals surface area contributed by atoms with Crippen LogP contribution in [-0.4, -0.2) is 51.0 Å². The highest BCUT2D eigenvalue weighted by Gasteiger charge is 2.12. The number of rotatable bonds is 7. The molecule has 0 aliphatic heterocycles. The van der Waals surface area contributed by atoms with E-state index in [9.17, 15) is 0 Å². The van der Waals surface area contributed by atoms with Gasteiger partial charge in [0.1, 0.15) is 11.0 Å². The molecule has 2 rings (SSSR count). The summed E-state index contributed by atoms with van der Waals surface area (Å²) in [4.78, 5) is 11.1. The van der Waals surface area contributed by atoms with E-state index in [4.69, 9.17) is 16.3 Å². The Morgan fingerprint density at radius 1 is 1.35 bits per heavy atom. The third kappa shape index (κ3) is 3.45. The van der Waals surface area contributed by atoms with Gasteiger partial charge in [-0.25, -0.2) is 9.97 Å². The van der Waals surface area contributed by atoms with E-state index in [-0.39, 0.29) is 0 Å². The lowest BCUT2D eigenvalue weighted by Gasteiger charge is -2.19. The molecular weight excluding hydrogens is 278 g/mol. The molecule has 110 valence electrons. The van der Waals surface area contributed by atoms with Gasteiger partial charge in [0.2, 0.25) is 0 Å². The first-order valence-electron chi connectivity index (χ1n) is 6.79. The zero-order valence-electron chi connectivity index (χ0n) is 12.1. The number of likely N-dealkylation sites (N-methyl/N-ethyl adjacent to an activating group) is 1. The SMILES string of the molecule is CCOCCN(CC)Cc1nc(Cl)c2cnn(C)c2n1. The molecule has 6 nitrogen and oxygen atoms in total. The molecule has 0 aromatic carbocycles. The lowest BCUT2D eigenvalue weighted by Crippen LogP contribution is -2.28. The Morgan fingerprint density at radius 2 is 2.15 bits per heavy atom. The normalized spacial score (nSPS) is 11.7. The summed E-state index contributed by atoms with van der Waals surface area (Å²) >= 11 is 6.18. The van der Waals surface area contributed by atoms with Crippen molar-refractivity contribution in [2.45, 2.75) is 20.4 Å². The van der Waals surface area contributed by atoms with Gasteiger partial charge in [0.25, 0.3) is 0 Å². The minimum atomic E-state index is 0.457. The summed E-state index contributed by atoms with van der Waals surface area (Å²) in [5.74, 6) is 0.712. The van der Waals surface area contributed by atoms with Crippen LogP contribution in [0, 0.1) is 0 Å². The molecule has 0 atom stereocenters. The van der Waals surface area contributed by atoms with Crippen LogP contribution in [0.4, 0.5) is 0 Å². The third-order valence-electron chi connectivity index (χ3n) is 3.16. The highest BCUT2D eigenvalue weighted by molar-refractivity contribution is 6.33. The van der Waals surface area contributed by atoms with Crippen molar-refractivity contribution in [2.24, 2.45) is 7.05 Å². The van der Waals surface area contributed by atoms with Crippen LogP contribution >= 0.6 is 11.6 Å². The van der Waals surface area contributed by atoms with E-state index >= 15 is 0 Å². The average molecular weight is 298 g/mol. The number of aromatic nitrogens is 4. The second kappa shape index (κ2) is 6.97. The van der Waals surface area contributed by atoms with Gasteiger partial charge in [0, 0.05) is 20.2 Å². The fraction of sp³-hybridized carbons (Fsp3) is 0.615. The van der Waals surface area contributed by atoms with Crippen LogP contribution in [0.3, 0.4) is 0 Å². The summed E-state index contributed by atoms with van der Waals surface area (Å²) in [5.41, 5.74) is 0.765. The fourth-order valence-corrected chi connectivity index (χ4v) is 2.22. The van der Waals surface area contributed by atoms with Crippen LogP contribution in [0.5, 0.6) is 0 Å². The van der Waals surface area contributed by atoms with Crippen molar-refractivity contribution < 1.29 is 4.74 Å². The molecule has 0 bridgehead atoms. The summed E-state index contributed by atoms with van der Waals surface area (Å²) in [6, 6.07) is 0. The largest absolute Gasteiger partial charge is 0.380 e. The number of ether oxygens (including phenoxy) is 1. The van der Waals surface area contributed by atoms with Gasteiger partial charge >= 0.3 is 0 Å². The molecule has 2 aromatic rings. The third-order valence-corrected chi connectivity index (χ3v) is 3.45. The van der Waals surface area contributed by atoms with Gasteiger partial charge in [0.15, 0.2) is 5.65 Å². The molecule has 0 saturated heterocycles. The number of halogens is 1. The fourth-order valence-electron chi connectivity index (χ4n) is 1.99. The standard InChI is InChI=1S/C13H20ClN5O/c1-4-19(6-7-20-5-2)9-11-16-12(14)10-8-15-18(3)13(10)17-11/h8H,4-7,9H2,1-3H3. The van der Waals surface area contributed by atoms with Gasteiger partial charge in [-0.3, -0.25) is 9.58 Å². The predicted molar refractivity (Wildman–Crippen MR) is 78.8 cm³/mol. The summed E-state index contributed by atoms with van der Waals surface area (Å²) in [6.45, 7) is 7.98. The van der Waals surface area contributed by atoms with Crippen LogP contribution in [0.1, 0.15) is 19.7 Å². The molecule has 0 aliphatic rings. The van der Waals surface area contributed by atoms with Crippen LogP contribution in [0.15, 0.2) is 6.20 Å². The number of fused-ring (bicyclic) bond motifs is 1. The Labute approximate surface area is 123 Å². The van der Waals surface area contributed by atoms with Crippen molar-refractivity contribution in [3.05, 3.63) is 17.2 Å². The Hall–Kier alpha value is -1.24. The highest BCUT2D eigenvalue weighted by atomic mass is 35.5. The first-order valence-corrected chi connectivity index (χ1v) is 7.17. The van der Waals surface area contributed by atoms with Crippen LogP contribution in [0.25, 0.3) is 11.0 Å². The minimum absolute atomic E-state index is 0.457. The van der Waals surface area contributed by atoms with E-state index in [0.717, 1.165) is 30.7 Å². The van der Waals surface area contributed by atoms with E-state index in [0.29, 0.717) is 24.1 Å². The first-order chi connectivity index (χ1) is 9.65. The molecule has 0 amide bonds. The summed E-state index contributed by atoms with van der Waals surface area (Å²) in [7, 11) is 1.85. The molecule has 0 unspecified atom stereocenters. The second-order valence-electron chi connectivity index (χ2n) is 4.50. The smallest absolute Gasteiger partial charge is 0.162 e. The van der Waals surface area contributed by atoms with E-state index in [2.05, 4.69) is 26.9 Å². The highest BCUT2D eigenvalue weighted by Crippen LogP contribution is 2.19. The van der Waals surface area contributed by atoms with Crippen molar-refractivity contribution in [3.8, 4) is 0 Å². The quantitative estimate of drug-likeness (QED) is 0.577. The first kappa shape index (κ1) is 15.2. The minimum Gasteiger partial charge on any atom is -0.380 e. The number of hydrogen-bond acceptors (Lipinski definition) is 5. The molecule has 20 heavy (non-hydrogen) atoms. The summed E-state index contributed by atoms with van der Waals surface area (Å²) < 4.78 is 7.09. The maximum absolute atomic E-state index is 6.18. The van der Waals surface area contributed by atoms with Crippen molar-refractivity contribution in [3.63, 3.8) is 0 Å². The van der Waals surface area contributed by atoms with Gasteiger partial charge in [-0.05, 0) is 13.5 Å². The van der Waals surface area contributed by atoms with Gasteiger partial charge in [0.05, 0.1) is 24.7 Å². The van der Waals surface area contributed by atoms with Crippen LogP contribution in [-0.2, 0) is 18.3 Å². The van der Waals surface area contributed by atoms with Gasteiger partial charge in [-0.2, -0.15) is 5.10 Å². The Bertz CT molecular complexity index is 571. The van der Waals surface area contributed by atoms with Crippen molar-refractivity contribution in [1.82, 2.24) is 24.6 Å². The van der Waals surface area contributed by atoms with E-state index in [1.54, 1.807) is 10.9 Å². The number of aryl methyl sites for hydroxylation is 1.